The van der Waals surface area contributed by atoms with Gasteiger partial charge in [0, 0.05) is 26.8 Å². The highest BCUT2D eigenvalue weighted by molar-refractivity contribution is 7.89. The van der Waals surface area contributed by atoms with Gasteiger partial charge in [0.1, 0.15) is 0 Å². The molecule has 2 rings (SSSR count). The summed E-state index contributed by atoms with van der Waals surface area (Å²) in [5.74, 6) is 0.323. The Labute approximate surface area is 127 Å². The molecule has 0 unspecified atom stereocenters. The fraction of sp³-hybridized carbons (Fsp3) is 0.571. The van der Waals surface area contributed by atoms with E-state index < -0.39 is 21.8 Å². The Kier molecular flexibility index (Phi) is 5.14. The van der Waals surface area contributed by atoms with Crippen molar-refractivity contribution >= 4 is 10.0 Å². The van der Waals surface area contributed by atoms with Gasteiger partial charge in [-0.15, -0.1) is 0 Å². The van der Waals surface area contributed by atoms with Crippen molar-refractivity contribution in [3.8, 4) is 0 Å². The van der Waals surface area contributed by atoms with Gasteiger partial charge in [-0.05, 0) is 43.0 Å². The van der Waals surface area contributed by atoms with Crippen molar-refractivity contribution in [3.05, 3.63) is 29.8 Å². The fourth-order valence-corrected chi connectivity index (χ4v) is 3.99. The summed E-state index contributed by atoms with van der Waals surface area (Å²) < 4.78 is 68.8. The maximum absolute atomic E-state index is 12.5. The molecule has 1 aromatic rings. The van der Waals surface area contributed by atoms with Gasteiger partial charge in [-0.3, -0.25) is 0 Å². The van der Waals surface area contributed by atoms with Gasteiger partial charge in [0.2, 0.25) is 10.0 Å². The van der Waals surface area contributed by atoms with Crippen LogP contribution in [0.25, 0.3) is 0 Å². The fourth-order valence-electron chi connectivity index (χ4n) is 2.52. The van der Waals surface area contributed by atoms with Crippen LogP contribution in [0.3, 0.4) is 0 Å². The van der Waals surface area contributed by atoms with Crippen LogP contribution in [0.2, 0.25) is 0 Å². The van der Waals surface area contributed by atoms with Crippen molar-refractivity contribution in [1.29, 1.82) is 0 Å². The molecule has 0 saturated carbocycles. The molecule has 1 saturated heterocycles. The van der Waals surface area contributed by atoms with Gasteiger partial charge >= 0.3 is 6.18 Å². The predicted octanol–water partition coefficient (Wildman–Crippen LogP) is 2.75. The van der Waals surface area contributed by atoms with Crippen LogP contribution in [0.4, 0.5) is 13.2 Å². The second-order valence-electron chi connectivity index (χ2n) is 5.32. The van der Waals surface area contributed by atoms with E-state index in [9.17, 15) is 21.6 Å². The molecule has 22 heavy (non-hydrogen) atoms. The molecule has 0 aliphatic carbocycles. The third-order valence-corrected chi connectivity index (χ3v) is 5.71. The Hall–Kier alpha value is -1.12. The highest BCUT2D eigenvalue weighted by Gasteiger charge is 2.32. The zero-order chi connectivity index (χ0) is 16.4. The van der Waals surface area contributed by atoms with Gasteiger partial charge in [0.05, 0.1) is 10.5 Å². The predicted molar refractivity (Wildman–Crippen MR) is 74.8 cm³/mol. The Morgan fingerprint density at radius 2 is 1.73 bits per heavy atom. The number of nitrogens with zero attached hydrogens (tertiary/aromatic N) is 1. The molecule has 0 bridgehead atoms. The van der Waals surface area contributed by atoms with E-state index in [-0.39, 0.29) is 4.90 Å². The number of halogens is 3. The highest BCUT2D eigenvalue weighted by Crippen LogP contribution is 2.31. The van der Waals surface area contributed by atoms with Crippen LogP contribution in [0, 0.1) is 5.92 Å². The van der Waals surface area contributed by atoms with E-state index in [4.69, 9.17) is 4.74 Å². The average Bonchev–Trinajstić information content (AvgIpc) is 2.47. The Morgan fingerprint density at radius 1 is 1.18 bits per heavy atom. The quantitative estimate of drug-likeness (QED) is 0.849. The van der Waals surface area contributed by atoms with E-state index >= 15 is 0 Å². The van der Waals surface area contributed by atoms with Gasteiger partial charge < -0.3 is 4.74 Å². The first-order valence-electron chi connectivity index (χ1n) is 6.91. The third-order valence-electron chi connectivity index (χ3n) is 3.80. The van der Waals surface area contributed by atoms with E-state index in [0.717, 1.165) is 24.3 Å². The Balaban J connectivity index is 2.11. The summed E-state index contributed by atoms with van der Waals surface area (Å²) in [6.07, 6.45) is -3.10. The van der Waals surface area contributed by atoms with Crippen molar-refractivity contribution < 1.29 is 26.3 Å². The summed E-state index contributed by atoms with van der Waals surface area (Å²) in [4.78, 5) is -0.106. The maximum atomic E-state index is 12.5. The van der Waals surface area contributed by atoms with E-state index in [1.807, 2.05) is 0 Å². The molecule has 4 nitrogen and oxygen atoms in total. The maximum Gasteiger partial charge on any atom is 0.416 e. The molecule has 1 aliphatic rings. The van der Waals surface area contributed by atoms with E-state index in [2.05, 4.69) is 0 Å². The number of rotatable bonds is 4. The largest absolute Gasteiger partial charge is 0.416 e. The lowest BCUT2D eigenvalue weighted by molar-refractivity contribution is -0.137. The number of sulfonamides is 1. The first-order valence-corrected chi connectivity index (χ1v) is 8.35. The molecule has 124 valence electrons. The van der Waals surface area contributed by atoms with Crippen molar-refractivity contribution in [2.45, 2.75) is 23.9 Å². The molecule has 0 radical (unpaired) electrons. The normalized spacial score (nSPS) is 18.5. The number of alkyl halides is 3. The minimum absolute atomic E-state index is 0.106. The van der Waals surface area contributed by atoms with Gasteiger partial charge in [-0.2, -0.15) is 17.5 Å². The second-order valence-corrected chi connectivity index (χ2v) is 7.26. The summed E-state index contributed by atoms with van der Waals surface area (Å²) in [7, 11) is -2.13. The highest BCUT2D eigenvalue weighted by atomic mass is 32.2. The molecule has 0 atom stereocenters. The number of piperidine rings is 1. The molecule has 0 N–H and O–H groups in total. The van der Waals surface area contributed by atoms with Crippen LogP contribution in [0.15, 0.2) is 29.2 Å². The van der Waals surface area contributed by atoms with Crippen molar-refractivity contribution in [3.63, 3.8) is 0 Å². The third kappa shape index (κ3) is 3.80. The van der Waals surface area contributed by atoms with Crippen molar-refractivity contribution in [2.24, 2.45) is 5.92 Å². The molecule has 1 heterocycles. The minimum atomic E-state index is -4.47. The summed E-state index contributed by atoms with van der Waals surface area (Å²) in [5.41, 5.74) is -0.856. The first-order chi connectivity index (χ1) is 10.2. The SMILES string of the molecule is COCC1CCN(S(=O)(=O)c2ccc(C(F)(F)F)cc2)CC1. The van der Waals surface area contributed by atoms with Crippen LogP contribution >= 0.6 is 0 Å². The number of benzene rings is 1. The molecular formula is C14H18F3NO3S. The summed E-state index contributed by atoms with van der Waals surface area (Å²) in [5, 5.41) is 0. The van der Waals surface area contributed by atoms with E-state index in [1.165, 1.54) is 4.31 Å². The van der Waals surface area contributed by atoms with Crippen LogP contribution in [0.1, 0.15) is 18.4 Å². The monoisotopic (exact) mass is 337 g/mol. The summed E-state index contributed by atoms with van der Waals surface area (Å²) in [6.45, 7) is 1.31. The Morgan fingerprint density at radius 3 is 2.18 bits per heavy atom. The molecule has 1 aromatic carbocycles. The zero-order valence-corrected chi connectivity index (χ0v) is 13.0. The van der Waals surface area contributed by atoms with Gasteiger partial charge in [0.15, 0.2) is 0 Å². The molecule has 0 amide bonds. The van der Waals surface area contributed by atoms with Crippen LogP contribution in [-0.4, -0.2) is 39.5 Å². The summed E-state index contributed by atoms with van der Waals surface area (Å²) in [6, 6.07) is 3.62. The first kappa shape index (κ1) is 17.2. The number of hydrogen-bond donors (Lipinski definition) is 0. The molecule has 1 aliphatic heterocycles. The van der Waals surface area contributed by atoms with Gasteiger partial charge in [-0.25, -0.2) is 8.42 Å². The smallest absolute Gasteiger partial charge is 0.384 e. The van der Waals surface area contributed by atoms with Crippen molar-refractivity contribution in [1.82, 2.24) is 4.31 Å². The lowest BCUT2D eigenvalue weighted by atomic mass is 9.99. The Bertz CT molecular complexity index is 591. The lowest BCUT2D eigenvalue weighted by Crippen LogP contribution is -2.39. The minimum Gasteiger partial charge on any atom is -0.384 e. The van der Waals surface area contributed by atoms with Crippen LogP contribution in [0.5, 0.6) is 0 Å². The summed E-state index contributed by atoms with van der Waals surface area (Å²) >= 11 is 0. The lowest BCUT2D eigenvalue weighted by Gasteiger charge is -2.30. The molecule has 0 spiro atoms. The standard InChI is InChI=1S/C14H18F3NO3S/c1-21-10-11-6-8-18(9-7-11)22(19,20)13-4-2-12(3-5-13)14(15,16)17/h2-5,11H,6-10H2,1H3. The van der Waals surface area contributed by atoms with Gasteiger partial charge in [-0.1, -0.05) is 0 Å². The zero-order valence-electron chi connectivity index (χ0n) is 12.1. The molecule has 0 aromatic heterocycles. The van der Waals surface area contributed by atoms with E-state index in [0.29, 0.717) is 38.5 Å². The number of hydrogen-bond acceptors (Lipinski definition) is 3. The molecule has 8 heteroatoms. The topological polar surface area (TPSA) is 46.6 Å². The van der Waals surface area contributed by atoms with Crippen LogP contribution < -0.4 is 0 Å². The molecule has 1 fully saturated rings. The number of methoxy groups -OCH3 is 1. The second kappa shape index (κ2) is 6.55. The number of ether oxygens (including phenoxy) is 1. The van der Waals surface area contributed by atoms with E-state index in [1.54, 1.807) is 7.11 Å². The van der Waals surface area contributed by atoms with Gasteiger partial charge in [0.25, 0.3) is 0 Å². The van der Waals surface area contributed by atoms with Crippen molar-refractivity contribution in [2.75, 3.05) is 26.8 Å². The molecular weight excluding hydrogens is 319 g/mol. The average molecular weight is 337 g/mol. The van der Waals surface area contributed by atoms with Crippen LogP contribution in [-0.2, 0) is 20.9 Å².